The van der Waals surface area contributed by atoms with Gasteiger partial charge in [0, 0.05) is 73.5 Å². The number of pyridine rings is 1. The van der Waals surface area contributed by atoms with Crippen LogP contribution in [0.15, 0.2) is 55.0 Å². The first-order valence-electron chi connectivity index (χ1n) is 19.9. The van der Waals surface area contributed by atoms with Gasteiger partial charge in [-0.1, -0.05) is 0 Å². The number of rotatable bonds is 8. The van der Waals surface area contributed by atoms with E-state index in [0.717, 1.165) is 69.6 Å². The van der Waals surface area contributed by atoms with Crippen molar-refractivity contribution in [1.29, 1.82) is 5.26 Å². The summed E-state index contributed by atoms with van der Waals surface area (Å²) in [7, 11) is 0. The lowest BCUT2D eigenvalue weighted by Gasteiger charge is -2.59. The van der Waals surface area contributed by atoms with E-state index in [1.165, 1.54) is 6.07 Å². The van der Waals surface area contributed by atoms with E-state index in [4.69, 9.17) is 4.74 Å². The van der Waals surface area contributed by atoms with Crippen LogP contribution in [0.1, 0.15) is 92.7 Å². The molecule has 11 nitrogen and oxygen atoms in total. The number of benzene rings is 1. The monoisotopic (exact) mass is 767 g/mol. The largest absolute Gasteiger partial charge is 0.490 e. The Morgan fingerprint density at radius 3 is 2.23 bits per heavy atom. The van der Waals surface area contributed by atoms with Gasteiger partial charge in [-0.3, -0.25) is 4.79 Å². The van der Waals surface area contributed by atoms with E-state index in [2.05, 4.69) is 35.8 Å². The van der Waals surface area contributed by atoms with Gasteiger partial charge in [-0.2, -0.15) is 18.4 Å². The number of carboxylic acids is 1. The van der Waals surface area contributed by atoms with Crippen molar-refractivity contribution < 1.29 is 32.6 Å². The van der Waals surface area contributed by atoms with Crippen molar-refractivity contribution in [1.82, 2.24) is 24.8 Å². The Balaban J connectivity index is 1.03. The molecule has 4 bridgehead atoms. The number of alkyl halides is 3. The number of nitrogens with one attached hydrogen (secondary N) is 1. The van der Waals surface area contributed by atoms with Crippen molar-refractivity contribution in [3.63, 3.8) is 0 Å². The minimum atomic E-state index is -4.99. The van der Waals surface area contributed by atoms with Crippen molar-refractivity contribution in [2.75, 3.05) is 18.0 Å². The Kier molecular flexibility index (Phi) is 9.16. The van der Waals surface area contributed by atoms with Crippen molar-refractivity contribution >= 4 is 28.7 Å². The minimum absolute atomic E-state index is 0.0144. The summed E-state index contributed by atoms with van der Waals surface area (Å²) in [6, 6.07) is 12.4. The number of fused-ring (bicyclic) bond motifs is 1. The molecular weight excluding hydrogens is 724 g/mol. The maximum absolute atomic E-state index is 14.9. The molecule has 4 heterocycles. The number of aliphatic carboxylic acids is 1. The van der Waals surface area contributed by atoms with Crippen LogP contribution in [0.3, 0.4) is 0 Å². The van der Waals surface area contributed by atoms with E-state index in [1.807, 2.05) is 24.4 Å². The van der Waals surface area contributed by atoms with Crippen molar-refractivity contribution in [3.05, 3.63) is 66.2 Å². The number of piperidine rings is 1. The summed E-state index contributed by atoms with van der Waals surface area (Å²) in [5.74, 6) is -0.780. The molecule has 1 saturated heterocycles. The average Bonchev–Trinajstić information content (AvgIpc) is 3.58. The Labute approximate surface area is 322 Å². The molecule has 0 unspecified atom stereocenters. The van der Waals surface area contributed by atoms with Gasteiger partial charge < -0.3 is 24.6 Å². The summed E-state index contributed by atoms with van der Waals surface area (Å²) in [5.41, 5.74) is -2.32. The molecule has 0 radical (unpaired) electrons. The zero-order valence-corrected chi connectivity index (χ0v) is 30.9. The molecule has 0 spiro atoms. The van der Waals surface area contributed by atoms with E-state index in [9.17, 15) is 33.1 Å². The number of halogens is 3. The van der Waals surface area contributed by atoms with E-state index < -0.39 is 34.8 Å². The van der Waals surface area contributed by atoms with Gasteiger partial charge in [0.1, 0.15) is 17.4 Å². The van der Waals surface area contributed by atoms with Gasteiger partial charge in [-0.05, 0) is 112 Å². The normalized spacial score (nSPS) is 28.9. The summed E-state index contributed by atoms with van der Waals surface area (Å²) < 4.78 is 53.2. The van der Waals surface area contributed by atoms with E-state index in [0.29, 0.717) is 60.2 Å². The molecule has 56 heavy (non-hydrogen) atoms. The van der Waals surface area contributed by atoms with Crippen molar-refractivity contribution in [3.8, 4) is 23.1 Å². The number of aromatic nitrogens is 4. The Hall–Kier alpha value is -5.19. The smallest absolute Gasteiger partial charge is 0.434 e. The van der Waals surface area contributed by atoms with Crippen LogP contribution in [-0.2, 0) is 11.0 Å². The van der Waals surface area contributed by atoms with Gasteiger partial charge in [0.05, 0.1) is 22.8 Å². The fraction of sp³-hybridized carbons (Fsp3) is 0.524. The van der Waals surface area contributed by atoms with Crippen LogP contribution in [-0.4, -0.2) is 61.2 Å². The molecule has 5 saturated carbocycles. The first-order chi connectivity index (χ1) is 27.0. The molecule has 14 heteroatoms. The summed E-state index contributed by atoms with van der Waals surface area (Å²) in [5, 5.41) is 23.4. The summed E-state index contributed by atoms with van der Waals surface area (Å²) in [4.78, 5) is 41.8. The van der Waals surface area contributed by atoms with Crippen LogP contribution in [0.2, 0.25) is 0 Å². The third-order valence-electron chi connectivity index (χ3n) is 13.4. The number of nitrogens with zero attached hydrogens (tertiary/aromatic N) is 6. The van der Waals surface area contributed by atoms with Crippen LogP contribution in [0, 0.1) is 40.9 Å². The molecule has 1 amide bonds. The van der Waals surface area contributed by atoms with Crippen LogP contribution in [0.5, 0.6) is 5.75 Å². The highest BCUT2D eigenvalue weighted by Crippen LogP contribution is 2.58. The third-order valence-corrected chi connectivity index (χ3v) is 13.4. The summed E-state index contributed by atoms with van der Waals surface area (Å²) >= 11 is 0. The van der Waals surface area contributed by atoms with Crippen LogP contribution < -0.4 is 15.0 Å². The lowest BCUT2D eigenvalue weighted by molar-refractivity contribution is -0.163. The molecule has 1 aromatic carbocycles. The maximum atomic E-state index is 14.9. The van der Waals surface area contributed by atoms with Crippen LogP contribution >= 0.6 is 0 Å². The van der Waals surface area contributed by atoms with Crippen molar-refractivity contribution in [2.24, 2.45) is 29.6 Å². The second-order valence-electron chi connectivity index (χ2n) is 16.6. The predicted octanol–water partition coefficient (Wildman–Crippen LogP) is 7.82. The molecule has 0 atom stereocenters. The topological polar surface area (TPSA) is 146 Å². The molecule has 6 aliphatic rings. The number of amides is 1. The number of carbonyl (C=O) groups excluding carboxylic acids is 1. The van der Waals surface area contributed by atoms with Gasteiger partial charge in [-0.25, -0.2) is 19.7 Å². The van der Waals surface area contributed by atoms with Crippen molar-refractivity contribution in [2.45, 2.75) is 94.5 Å². The van der Waals surface area contributed by atoms with E-state index in [-0.39, 0.29) is 35.6 Å². The fourth-order valence-corrected chi connectivity index (χ4v) is 10.9. The number of anilines is 1. The molecule has 6 fully saturated rings. The lowest BCUT2D eigenvalue weighted by atomic mass is 9.48. The quantitative estimate of drug-likeness (QED) is 0.183. The number of carbonyl (C=O) groups is 2. The van der Waals surface area contributed by atoms with E-state index in [1.54, 1.807) is 18.5 Å². The van der Waals surface area contributed by atoms with E-state index >= 15 is 0 Å². The minimum Gasteiger partial charge on any atom is -0.490 e. The predicted molar refractivity (Wildman–Crippen MR) is 200 cm³/mol. The van der Waals surface area contributed by atoms with Gasteiger partial charge in [0.15, 0.2) is 5.69 Å². The maximum Gasteiger partial charge on any atom is 0.434 e. The van der Waals surface area contributed by atoms with Gasteiger partial charge >= 0.3 is 12.1 Å². The van der Waals surface area contributed by atoms with Crippen LogP contribution in [0.4, 0.5) is 19.1 Å². The molecule has 4 aromatic rings. The first kappa shape index (κ1) is 36.4. The molecule has 5 aliphatic carbocycles. The zero-order chi connectivity index (χ0) is 38.8. The number of ether oxygens (including phenoxy) is 1. The van der Waals surface area contributed by atoms with Gasteiger partial charge in [0.25, 0.3) is 5.91 Å². The highest BCUT2D eigenvalue weighted by Gasteiger charge is 2.62. The SMILES string of the molecule is N#CC1CCC(n2cc(-c3ccc(C(=O)NC4(C(=O)O)C5CC6CC(C5)CC4C6)c(C(F)(F)F)n3)c3ccc(OC4CCN(c5ncccn5)CC4)cc32)CC1. The van der Waals surface area contributed by atoms with Gasteiger partial charge in [0.2, 0.25) is 5.95 Å². The number of carboxylic acid groups (broad SMARTS) is 1. The van der Waals surface area contributed by atoms with Crippen LogP contribution in [0.25, 0.3) is 22.2 Å². The third kappa shape index (κ3) is 6.42. The molecule has 10 rings (SSSR count). The Morgan fingerprint density at radius 2 is 1.61 bits per heavy atom. The Morgan fingerprint density at radius 1 is 0.929 bits per heavy atom. The second kappa shape index (κ2) is 14.1. The Bertz CT molecular complexity index is 2160. The first-order valence-corrected chi connectivity index (χ1v) is 19.9. The zero-order valence-electron chi connectivity index (χ0n) is 30.9. The number of nitriles is 1. The van der Waals surface area contributed by atoms with Gasteiger partial charge in [-0.15, -0.1) is 0 Å². The highest BCUT2D eigenvalue weighted by molar-refractivity contribution is 6.00. The lowest BCUT2D eigenvalue weighted by Crippen LogP contribution is -2.70. The molecule has 292 valence electrons. The summed E-state index contributed by atoms with van der Waals surface area (Å²) in [6.45, 7) is 1.47. The molecule has 1 aliphatic heterocycles. The highest BCUT2D eigenvalue weighted by atomic mass is 19.4. The molecule has 3 aromatic heterocycles. The fourth-order valence-electron chi connectivity index (χ4n) is 10.9. The summed E-state index contributed by atoms with van der Waals surface area (Å²) in [6.07, 6.45) is 8.36. The number of hydrogen-bond donors (Lipinski definition) is 2. The average molecular weight is 768 g/mol. The standard InChI is InChI=1S/C42H44F3N7O4/c43-42(44,45)37-33(38(53)50-41(39(54)55)27-17-25-16-26(19-27)20-28(41)18-25)8-9-35(49-37)34-23-52(29-4-2-24(22-46)3-5-29)36-21-31(6-7-32(34)36)56-30-10-14-51(15-11-30)40-47-12-1-13-48-40/h1,6-9,12-13,21,23-30H,2-5,10-11,14-20H2,(H,50,53)(H,54,55). The second-order valence-corrected chi connectivity index (χ2v) is 16.6. The number of hydrogen-bond acceptors (Lipinski definition) is 8. The molecular formula is C42H44F3N7O4. The molecule has 2 N–H and O–H groups in total.